The van der Waals surface area contributed by atoms with Gasteiger partial charge in [-0.2, -0.15) is 5.10 Å². The minimum atomic E-state index is -0.319. The number of hydrogen-bond acceptors (Lipinski definition) is 4. The average molecular weight is 328 g/mol. The predicted octanol–water partition coefficient (Wildman–Crippen LogP) is 1.85. The number of aliphatic hydroxyl groups is 1. The highest BCUT2D eigenvalue weighted by molar-refractivity contribution is 5.14. The minimum absolute atomic E-state index is 0.319. The Morgan fingerprint density at radius 1 is 1.25 bits per heavy atom. The highest BCUT2D eigenvalue weighted by Crippen LogP contribution is 2.22. The number of hydrogen-bond donors (Lipinski definition) is 1. The topological polar surface area (TPSA) is 44.5 Å². The molecule has 2 aromatic rings. The fourth-order valence-corrected chi connectivity index (χ4v) is 3.54. The Labute approximate surface area is 144 Å². The number of likely N-dealkylation sites (tertiary alicyclic amines) is 1. The molecule has 0 spiro atoms. The molecule has 1 fully saturated rings. The van der Waals surface area contributed by atoms with Crippen molar-refractivity contribution in [3.63, 3.8) is 0 Å². The van der Waals surface area contributed by atoms with Gasteiger partial charge in [0.05, 0.1) is 17.8 Å². The molecule has 1 atom stereocenters. The average Bonchev–Trinajstić information content (AvgIpc) is 2.81. The van der Waals surface area contributed by atoms with E-state index in [4.69, 9.17) is 0 Å². The predicted molar refractivity (Wildman–Crippen MR) is 96.0 cm³/mol. The molecule has 2 heterocycles. The lowest BCUT2D eigenvalue weighted by Crippen LogP contribution is -2.52. The third-order valence-electron chi connectivity index (χ3n) is 4.62. The van der Waals surface area contributed by atoms with Crippen LogP contribution in [0, 0.1) is 13.8 Å². The lowest BCUT2D eigenvalue weighted by atomic mass is 10.1. The Kier molecular flexibility index (Phi) is 5.33. The van der Waals surface area contributed by atoms with Crippen LogP contribution >= 0.6 is 0 Å². The van der Waals surface area contributed by atoms with E-state index in [0.717, 1.165) is 31.9 Å². The first-order valence-corrected chi connectivity index (χ1v) is 8.67. The van der Waals surface area contributed by atoms with Gasteiger partial charge in [0, 0.05) is 38.4 Å². The van der Waals surface area contributed by atoms with Gasteiger partial charge in [0.2, 0.25) is 0 Å². The molecule has 0 saturated carbocycles. The zero-order valence-electron chi connectivity index (χ0n) is 14.9. The van der Waals surface area contributed by atoms with Crippen LogP contribution in [0.25, 0.3) is 0 Å². The van der Waals surface area contributed by atoms with Crippen LogP contribution in [-0.4, -0.2) is 64.0 Å². The molecular weight excluding hydrogens is 300 g/mol. The van der Waals surface area contributed by atoms with Crippen LogP contribution in [0.2, 0.25) is 0 Å². The molecule has 0 aliphatic carbocycles. The zero-order chi connectivity index (χ0) is 17.1. The SMILES string of the molecule is Cc1cc(C)n(C2CN(CC(O)CN(C)Cc3ccccc3)C2)n1. The van der Waals surface area contributed by atoms with E-state index in [1.165, 1.54) is 11.3 Å². The van der Waals surface area contributed by atoms with Crippen LogP contribution in [0.1, 0.15) is 23.0 Å². The molecule has 24 heavy (non-hydrogen) atoms. The Hall–Kier alpha value is -1.69. The quantitative estimate of drug-likeness (QED) is 0.842. The molecule has 5 nitrogen and oxygen atoms in total. The van der Waals surface area contributed by atoms with Crippen molar-refractivity contribution in [1.29, 1.82) is 0 Å². The van der Waals surface area contributed by atoms with Crippen LogP contribution in [0.15, 0.2) is 36.4 Å². The number of benzene rings is 1. The molecule has 1 aliphatic heterocycles. The van der Waals surface area contributed by atoms with E-state index in [1.54, 1.807) is 0 Å². The Bertz CT molecular complexity index is 649. The third kappa shape index (κ3) is 4.23. The van der Waals surface area contributed by atoms with Gasteiger partial charge in [-0.3, -0.25) is 14.5 Å². The van der Waals surface area contributed by atoms with E-state index in [0.29, 0.717) is 12.6 Å². The van der Waals surface area contributed by atoms with Gasteiger partial charge in [0.25, 0.3) is 0 Å². The number of aromatic nitrogens is 2. The molecule has 1 N–H and O–H groups in total. The summed E-state index contributed by atoms with van der Waals surface area (Å²) in [7, 11) is 2.06. The fraction of sp³-hybridized carbons (Fsp3) is 0.526. The summed E-state index contributed by atoms with van der Waals surface area (Å²) in [5.74, 6) is 0. The van der Waals surface area contributed by atoms with Gasteiger partial charge < -0.3 is 5.11 Å². The third-order valence-corrected chi connectivity index (χ3v) is 4.62. The van der Waals surface area contributed by atoms with Gasteiger partial charge in [-0.15, -0.1) is 0 Å². The van der Waals surface area contributed by atoms with E-state index in [-0.39, 0.29) is 6.10 Å². The first-order valence-electron chi connectivity index (χ1n) is 8.67. The molecule has 0 bridgehead atoms. The number of nitrogens with zero attached hydrogens (tertiary/aromatic N) is 4. The number of aryl methyl sites for hydroxylation is 2. The molecule has 1 aliphatic rings. The Morgan fingerprint density at radius 2 is 1.96 bits per heavy atom. The number of β-amino-alcohol motifs (C(OH)–C–C–N with tert-alkyl or cyclic N) is 1. The maximum Gasteiger partial charge on any atom is 0.0793 e. The lowest BCUT2D eigenvalue weighted by molar-refractivity contribution is 0.0263. The lowest BCUT2D eigenvalue weighted by Gasteiger charge is -2.41. The van der Waals surface area contributed by atoms with Crippen molar-refractivity contribution in [2.75, 3.05) is 33.2 Å². The molecule has 1 aromatic heterocycles. The van der Waals surface area contributed by atoms with Crippen LogP contribution < -0.4 is 0 Å². The molecule has 1 aromatic carbocycles. The van der Waals surface area contributed by atoms with Crippen molar-refractivity contribution in [2.45, 2.75) is 32.5 Å². The van der Waals surface area contributed by atoms with Crippen molar-refractivity contribution < 1.29 is 5.11 Å². The first-order chi connectivity index (χ1) is 11.5. The normalized spacial score (nSPS) is 17.2. The van der Waals surface area contributed by atoms with Gasteiger partial charge in [-0.05, 0) is 32.5 Å². The van der Waals surface area contributed by atoms with Crippen molar-refractivity contribution in [1.82, 2.24) is 19.6 Å². The summed E-state index contributed by atoms with van der Waals surface area (Å²) in [4.78, 5) is 4.49. The van der Waals surface area contributed by atoms with E-state index in [9.17, 15) is 5.11 Å². The summed E-state index contributed by atoms with van der Waals surface area (Å²) in [6.07, 6.45) is -0.319. The van der Waals surface area contributed by atoms with Crippen molar-refractivity contribution >= 4 is 0 Å². The second-order valence-corrected chi connectivity index (χ2v) is 7.08. The first kappa shape index (κ1) is 17.1. The molecular formula is C19H28N4O. The molecule has 0 amide bonds. The monoisotopic (exact) mass is 328 g/mol. The fourth-order valence-electron chi connectivity index (χ4n) is 3.54. The van der Waals surface area contributed by atoms with Crippen LogP contribution in [-0.2, 0) is 6.54 Å². The van der Waals surface area contributed by atoms with E-state index >= 15 is 0 Å². The summed E-state index contributed by atoms with van der Waals surface area (Å²) in [6.45, 7) is 8.38. The zero-order valence-corrected chi connectivity index (χ0v) is 14.9. The van der Waals surface area contributed by atoms with Crippen LogP contribution in [0.4, 0.5) is 0 Å². The molecule has 3 rings (SSSR count). The summed E-state index contributed by atoms with van der Waals surface area (Å²) in [5.41, 5.74) is 3.58. The van der Waals surface area contributed by atoms with E-state index in [2.05, 4.69) is 63.9 Å². The van der Waals surface area contributed by atoms with Crippen molar-refractivity contribution in [2.24, 2.45) is 0 Å². The standard InChI is InChI=1S/C19H28N4O/c1-15-9-16(2)23(20-15)18-11-22(12-18)14-19(24)13-21(3)10-17-7-5-4-6-8-17/h4-9,18-19,24H,10-14H2,1-3H3. The van der Waals surface area contributed by atoms with Gasteiger partial charge in [0.15, 0.2) is 0 Å². The summed E-state index contributed by atoms with van der Waals surface area (Å²) in [6, 6.07) is 13.0. The minimum Gasteiger partial charge on any atom is -0.390 e. The number of likely N-dealkylation sites (N-methyl/N-ethyl adjacent to an activating group) is 1. The van der Waals surface area contributed by atoms with Gasteiger partial charge >= 0.3 is 0 Å². The van der Waals surface area contributed by atoms with Gasteiger partial charge in [0.1, 0.15) is 0 Å². The second-order valence-electron chi connectivity index (χ2n) is 7.08. The van der Waals surface area contributed by atoms with Crippen LogP contribution in [0.5, 0.6) is 0 Å². The highest BCUT2D eigenvalue weighted by atomic mass is 16.3. The van der Waals surface area contributed by atoms with Crippen molar-refractivity contribution in [3.8, 4) is 0 Å². The van der Waals surface area contributed by atoms with E-state index in [1.807, 2.05) is 13.0 Å². The van der Waals surface area contributed by atoms with E-state index < -0.39 is 0 Å². The Balaban J connectivity index is 1.40. The van der Waals surface area contributed by atoms with Gasteiger partial charge in [-0.1, -0.05) is 30.3 Å². The molecule has 130 valence electrons. The summed E-state index contributed by atoms with van der Waals surface area (Å²) >= 11 is 0. The number of rotatable bonds is 7. The second kappa shape index (κ2) is 7.47. The largest absolute Gasteiger partial charge is 0.390 e. The van der Waals surface area contributed by atoms with Crippen molar-refractivity contribution in [3.05, 3.63) is 53.3 Å². The molecule has 1 unspecified atom stereocenters. The highest BCUT2D eigenvalue weighted by Gasteiger charge is 2.31. The maximum atomic E-state index is 10.3. The smallest absolute Gasteiger partial charge is 0.0793 e. The number of aliphatic hydroxyl groups excluding tert-OH is 1. The molecule has 0 radical (unpaired) electrons. The Morgan fingerprint density at radius 3 is 2.58 bits per heavy atom. The molecule has 5 heteroatoms. The summed E-state index contributed by atoms with van der Waals surface area (Å²) < 4.78 is 2.12. The maximum absolute atomic E-state index is 10.3. The van der Waals surface area contributed by atoms with Crippen LogP contribution in [0.3, 0.4) is 0 Å². The molecule has 1 saturated heterocycles. The van der Waals surface area contributed by atoms with Gasteiger partial charge in [-0.25, -0.2) is 0 Å². The summed E-state index contributed by atoms with van der Waals surface area (Å²) in [5, 5.41) is 14.9.